The summed E-state index contributed by atoms with van der Waals surface area (Å²) in [5.41, 5.74) is 7.83. The molecule has 108 valence electrons. The molecule has 0 fully saturated rings. The van der Waals surface area contributed by atoms with Crippen molar-refractivity contribution in [3.63, 3.8) is 0 Å². The average Bonchev–Trinajstić information content (AvgIpc) is 2.45. The molecule has 0 unspecified atom stereocenters. The summed E-state index contributed by atoms with van der Waals surface area (Å²) in [6, 6.07) is 13.5. The Morgan fingerprint density at radius 2 is 1.76 bits per heavy atom. The standard InChI is InChI=1S/C14H14N4O2S/c1-18(11-7-5-10(9-15)6-8-11)12-3-2-4-13(14(12)16)21(17,19)20/h2-8H,16H2,1H3,(H2,17,19,20). The van der Waals surface area contributed by atoms with Gasteiger partial charge in [0.15, 0.2) is 0 Å². The summed E-state index contributed by atoms with van der Waals surface area (Å²) < 4.78 is 23.0. The molecule has 0 amide bonds. The molecule has 0 heterocycles. The number of primary sulfonamides is 1. The molecule has 2 aromatic rings. The number of nitrogens with two attached hydrogens (primary N) is 2. The number of rotatable bonds is 3. The van der Waals surface area contributed by atoms with Gasteiger partial charge in [-0.1, -0.05) is 6.07 Å². The van der Waals surface area contributed by atoms with Gasteiger partial charge in [0.05, 0.1) is 23.0 Å². The highest BCUT2D eigenvalue weighted by molar-refractivity contribution is 7.89. The number of nitriles is 1. The fraction of sp³-hybridized carbons (Fsp3) is 0.0714. The van der Waals surface area contributed by atoms with Gasteiger partial charge in [0.1, 0.15) is 4.90 Å². The zero-order valence-corrected chi connectivity index (χ0v) is 12.1. The number of hydrogen-bond donors (Lipinski definition) is 2. The third-order valence-electron chi connectivity index (χ3n) is 3.09. The monoisotopic (exact) mass is 302 g/mol. The molecule has 0 radical (unpaired) electrons. The first kappa shape index (κ1) is 14.8. The van der Waals surface area contributed by atoms with Crippen molar-refractivity contribution >= 4 is 27.1 Å². The van der Waals surface area contributed by atoms with Gasteiger partial charge in [0.2, 0.25) is 10.0 Å². The van der Waals surface area contributed by atoms with Crippen molar-refractivity contribution in [3.8, 4) is 6.07 Å². The van der Waals surface area contributed by atoms with Gasteiger partial charge in [-0.25, -0.2) is 13.6 Å². The van der Waals surface area contributed by atoms with Crippen LogP contribution in [0.5, 0.6) is 0 Å². The Morgan fingerprint density at radius 3 is 2.29 bits per heavy atom. The lowest BCUT2D eigenvalue weighted by Gasteiger charge is -2.22. The zero-order chi connectivity index (χ0) is 15.6. The predicted octanol–water partition coefficient (Wildman–Crippen LogP) is 1.56. The van der Waals surface area contributed by atoms with E-state index in [2.05, 4.69) is 0 Å². The molecule has 2 aromatic carbocycles. The third kappa shape index (κ3) is 2.97. The molecule has 0 saturated heterocycles. The van der Waals surface area contributed by atoms with Crippen LogP contribution in [0.15, 0.2) is 47.4 Å². The molecule has 0 saturated carbocycles. The SMILES string of the molecule is CN(c1ccc(C#N)cc1)c1cccc(S(N)(=O)=O)c1N. The number of anilines is 3. The molecule has 0 aliphatic rings. The summed E-state index contributed by atoms with van der Waals surface area (Å²) in [6.45, 7) is 0. The summed E-state index contributed by atoms with van der Waals surface area (Å²) in [5.74, 6) is 0. The van der Waals surface area contributed by atoms with Crippen LogP contribution in [-0.4, -0.2) is 15.5 Å². The van der Waals surface area contributed by atoms with Crippen LogP contribution < -0.4 is 15.8 Å². The quantitative estimate of drug-likeness (QED) is 0.835. The topological polar surface area (TPSA) is 113 Å². The smallest absolute Gasteiger partial charge is 0.240 e. The van der Waals surface area contributed by atoms with Crippen molar-refractivity contribution in [3.05, 3.63) is 48.0 Å². The molecule has 21 heavy (non-hydrogen) atoms. The minimum absolute atomic E-state index is 0.0897. The second kappa shape index (κ2) is 5.44. The minimum atomic E-state index is -3.88. The Labute approximate surface area is 123 Å². The van der Waals surface area contributed by atoms with Crippen LogP contribution in [0.25, 0.3) is 0 Å². The molecule has 7 heteroatoms. The minimum Gasteiger partial charge on any atom is -0.396 e. The molecule has 0 aliphatic heterocycles. The van der Waals surface area contributed by atoms with Gasteiger partial charge in [0, 0.05) is 12.7 Å². The van der Waals surface area contributed by atoms with Crippen molar-refractivity contribution in [2.75, 3.05) is 17.7 Å². The van der Waals surface area contributed by atoms with E-state index in [1.54, 1.807) is 48.3 Å². The third-order valence-corrected chi connectivity index (χ3v) is 4.06. The second-order valence-corrected chi connectivity index (χ2v) is 5.98. The van der Waals surface area contributed by atoms with Gasteiger partial charge in [-0.05, 0) is 36.4 Å². The molecule has 6 nitrogen and oxygen atoms in total. The van der Waals surface area contributed by atoms with Crippen molar-refractivity contribution in [1.82, 2.24) is 0 Å². The molecule has 0 aliphatic carbocycles. The number of sulfonamides is 1. The lowest BCUT2D eigenvalue weighted by atomic mass is 10.2. The molecule has 0 atom stereocenters. The van der Waals surface area contributed by atoms with E-state index < -0.39 is 10.0 Å². The number of para-hydroxylation sites is 1. The highest BCUT2D eigenvalue weighted by atomic mass is 32.2. The number of nitrogens with zero attached hydrogens (tertiary/aromatic N) is 2. The molecule has 4 N–H and O–H groups in total. The van der Waals surface area contributed by atoms with Crippen molar-refractivity contribution in [2.45, 2.75) is 4.90 Å². The number of benzene rings is 2. The first-order valence-corrected chi connectivity index (χ1v) is 7.54. The van der Waals surface area contributed by atoms with E-state index in [1.165, 1.54) is 6.07 Å². The molecule has 0 aromatic heterocycles. The van der Waals surface area contributed by atoms with Crippen LogP contribution in [-0.2, 0) is 10.0 Å². The summed E-state index contributed by atoms with van der Waals surface area (Å²) in [4.78, 5) is 1.62. The van der Waals surface area contributed by atoms with Crippen LogP contribution in [0.3, 0.4) is 0 Å². The second-order valence-electron chi connectivity index (χ2n) is 4.45. The van der Waals surface area contributed by atoms with Gasteiger partial charge in [0.25, 0.3) is 0 Å². The highest BCUT2D eigenvalue weighted by Gasteiger charge is 2.17. The predicted molar refractivity (Wildman–Crippen MR) is 81.4 cm³/mol. The normalized spacial score (nSPS) is 10.9. The fourth-order valence-corrected chi connectivity index (χ4v) is 2.65. The molecule has 2 rings (SSSR count). The van der Waals surface area contributed by atoms with Crippen molar-refractivity contribution in [1.29, 1.82) is 5.26 Å². The summed E-state index contributed by atoms with van der Waals surface area (Å²) in [6.07, 6.45) is 0. The van der Waals surface area contributed by atoms with Crippen molar-refractivity contribution in [2.24, 2.45) is 5.14 Å². The Morgan fingerprint density at radius 1 is 1.14 bits per heavy atom. The van der Waals surface area contributed by atoms with Crippen LogP contribution in [0, 0.1) is 11.3 Å². The molecule has 0 bridgehead atoms. The van der Waals surface area contributed by atoms with E-state index >= 15 is 0 Å². The maximum absolute atomic E-state index is 11.5. The summed E-state index contributed by atoms with van der Waals surface area (Å²) in [7, 11) is -2.13. The Kier molecular flexibility index (Phi) is 3.84. The summed E-state index contributed by atoms with van der Waals surface area (Å²) in [5, 5.41) is 13.9. The molecular weight excluding hydrogens is 288 g/mol. The fourth-order valence-electron chi connectivity index (χ4n) is 1.97. The number of nitrogen functional groups attached to an aromatic ring is 1. The van der Waals surface area contributed by atoms with E-state index in [0.717, 1.165) is 5.69 Å². The lowest BCUT2D eigenvalue weighted by Crippen LogP contribution is -2.17. The first-order valence-electron chi connectivity index (χ1n) is 6.00. The van der Waals surface area contributed by atoms with Gasteiger partial charge in [-0.2, -0.15) is 5.26 Å². The average molecular weight is 302 g/mol. The maximum atomic E-state index is 11.5. The molecule has 0 spiro atoms. The zero-order valence-electron chi connectivity index (χ0n) is 11.3. The van der Waals surface area contributed by atoms with Gasteiger partial charge < -0.3 is 10.6 Å². The number of hydrogen-bond acceptors (Lipinski definition) is 5. The van der Waals surface area contributed by atoms with E-state index in [0.29, 0.717) is 11.3 Å². The van der Waals surface area contributed by atoms with Crippen LogP contribution in [0.4, 0.5) is 17.1 Å². The van der Waals surface area contributed by atoms with Crippen LogP contribution in [0.1, 0.15) is 5.56 Å². The lowest BCUT2D eigenvalue weighted by molar-refractivity contribution is 0.598. The van der Waals surface area contributed by atoms with E-state index in [-0.39, 0.29) is 10.6 Å². The van der Waals surface area contributed by atoms with E-state index in [9.17, 15) is 8.42 Å². The maximum Gasteiger partial charge on any atom is 0.240 e. The van der Waals surface area contributed by atoms with Crippen molar-refractivity contribution < 1.29 is 8.42 Å². The van der Waals surface area contributed by atoms with Crippen LogP contribution >= 0.6 is 0 Å². The van der Waals surface area contributed by atoms with Gasteiger partial charge in [-0.15, -0.1) is 0 Å². The van der Waals surface area contributed by atoms with Crippen LogP contribution in [0.2, 0.25) is 0 Å². The largest absolute Gasteiger partial charge is 0.396 e. The van der Waals surface area contributed by atoms with E-state index in [4.69, 9.17) is 16.1 Å². The Bertz CT molecular complexity index is 808. The van der Waals surface area contributed by atoms with E-state index in [1.807, 2.05) is 6.07 Å². The first-order chi connectivity index (χ1) is 9.84. The Balaban J connectivity index is 2.49. The highest BCUT2D eigenvalue weighted by Crippen LogP contribution is 2.32. The van der Waals surface area contributed by atoms with Gasteiger partial charge >= 0.3 is 0 Å². The van der Waals surface area contributed by atoms with Gasteiger partial charge in [-0.3, -0.25) is 0 Å². The molecular formula is C14H14N4O2S. The summed E-state index contributed by atoms with van der Waals surface area (Å²) >= 11 is 0. The Hall–Kier alpha value is -2.56.